The molecule has 3 aromatic rings. The van der Waals surface area contributed by atoms with Crippen LogP contribution < -0.4 is 10.6 Å². The van der Waals surface area contributed by atoms with Gasteiger partial charge in [-0.2, -0.15) is 0 Å². The van der Waals surface area contributed by atoms with Crippen LogP contribution in [0, 0.1) is 13.8 Å². The first kappa shape index (κ1) is 27.3. The Morgan fingerprint density at radius 2 is 1.94 bits per heavy atom. The first-order valence-corrected chi connectivity index (χ1v) is 13.1. The molecule has 1 atom stereocenters. The third-order valence-corrected chi connectivity index (χ3v) is 7.67. The number of anilines is 1. The number of nitrogens with zero attached hydrogens (tertiary/aromatic N) is 3. The highest BCUT2D eigenvalue weighted by molar-refractivity contribution is 9.10. The Morgan fingerprint density at radius 3 is 2.63 bits per heavy atom. The van der Waals surface area contributed by atoms with Gasteiger partial charge in [0.05, 0.1) is 22.4 Å². The van der Waals surface area contributed by atoms with E-state index in [1.54, 1.807) is 25.1 Å². The molecule has 0 saturated heterocycles. The zero-order chi connectivity index (χ0) is 25.7. The predicted molar refractivity (Wildman–Crippen MR) is 146 cm³/mol. The van der Waals surface area contributed by atoms with E-state index < -0.39 is 6.04 Å². The number of nitrogens with one attached hydrogen (secondary N) is 2. The molecule has 7 nitrogen and oxygen atoms in total. The maximum Gasteiger partial charge on any atom is 0.253 e. The topological polar surface area (TPSA) is 88.9 Å². The van der Waals surface area contributed by atoms with Crippen molar-refractivity contribution in [2.45, 2.75) is 38.5 Å². The summed E-state index contributed by atoms with van der Waals surface area (Å²) in [5, 5.41) is 15.6. The Kier molecular flexibility index (Phi) is 9.40. The summed E-state index contributed by atoms with van der Waals surface area (Å²) in [6.45, 7) is 9.96. The molecule has 0 bridgehead atoms. The number of hydrogen-bond acceptors (Lipinski definition) is 5. The normalized spacial score (nSPS) is 11.7. The van der Waals surface area contributed by atoms with Crippen molar-refractivity contribution in [1.82, 2.24) is 20.1 Å². The molecule has 1 heterocycles. The van der Waals surface area contributed by atoms with Crippen LogP contribution >= 0.6 is 50.9 Å². The van der Waals surface area contributed by atoms with Gasteiger partial charge in [0.25, 0.3) is 5.91 Å². The summed E-state index contributed by atoms with van der Waals surface area (Å²) >= 11 is 16.8. The van der Waals surface area contributed by atoms with E-state index in [0.29, 0.717) is 28.1 Å². The standard InChI is InChI=1S/C24H24BrCl2N5O2S/c1-5-10-32-22(15(4)28-23(34)17-7-6-16(26)11-19(17)27)30-31-24(32)35-12-21(33)29-20-9-8-18(25)13(2)14(20)3/h5-9,11,15H,1,10,12H2,2-4H3,(H,28,34)(H,29,33). The van der Waals surface area contributed by atoms with Crippen molar-refractivity contribution in [3.8, 4) is 0 Å². The van der Waals surface area contributed by atoms with Crippen molar-refractivity contribution < 1.29 is 9.59 Å². The molecular weight excluding hydrogens is 573 g/mol. The van der Waals surface area contributed by atoms with Crippen LogP contribution in [0.4, 0.5) is 5.69 Å². The molecule has 11 heteroatoms. The lowest BCUT2D eigenvalue weighted by molar-refractivity contribution is -0.113. The molecule has 0 fully saturated rings. The SMILES string of the molecule is C=CCn1c(SCC(=O)Nc2ccc(Br)c(C)c2C)nnc1C(C)NC(=O)c1ccc(Cl)cc1Cl. The van der Waals surface area contributed by atoms with Crippen LogP contribution in [0.1, 0.15) is 40.3 Å². The van der Waals surface area contributed by atoms with Gasteiger partial charge in [-0.15, -0.1) is 16.8 Å². The second kappa shape index (κ2) is 12.1. The van der Waals surface area contributed by atoms with Gasteiger partial charge < -0.3 is 15.2 Å². The van der Waals surface area contributed by atoms with Crippen molar-refractivity contribution in [3.05, 3.63) is 80.0 Å². The average Bonchev–Trinajstić information content (AvgIpc) is 3.21. The minimum atomic E-state index is -0.474. The number of halogens is 3. The zero-order valence-electron chi connectivity index (χ0n) is 19.4. The predicted octanol–water partition coefficient (Wildman–Crippen LogP) is 6.37. The lowest BCUT2D eigenvalue weighted by Gasteiger charge is -2.16. The number of rotatable bonds is 9. The smallest absolute Gasteiger partial charge is 0.253 e. The summed E-state index contributed by atoms with van der Waals surface area (Å²) in [6, 6.07) is 7.98. The number of thioether (sulfide) groups is 1. The quantitative estimate of drug-likeness (QED) is 0.221. The maximum absolute atomic E-state index is 12.7. The summed E-state index contributed by atoms with van der Waals surface area (Å²) in [5.41, 5.74) is 3.14. The van der Waals surface area contributed by atoms with Crippen LogP contribution in [-0.4, -0.2) is 32.3 Å². The van der Waals surface area contributed by atoms with E-state index in [9.17, 15) is 9.59 Å². The molecule has 184 valence electrons. The summed E-state index contributed by atoms with van der Waals surface area (Å²) in [5.74, 6) is 0.158. The Balaban J connectivity index is 1.69. The van der Waals surface area contributed by atoms with Crippen molar-refractivity contribution in [1.29, 1.82) is 0 Å². The van der Waals surface area contributed by atoms with E-state index >= 15 is 0 Å². The fourth-order valence-corrected chi connectivity index (χ4v) is 4.96. The monoisotopic (exact) mass is 595 g/mol. The molecule has 0 spiro atoms. The number of allylic oxidation sites excluding steroid dienone is 1. The van der Waals surface area contributed by atoms with Crippen molar-refractivity contribution in [2.24, 2.45) is 0 Å². The second-order valence-electron chi connectivity index (χ2n) is 7.74. The van der Waals surface area contributed by atoms with Gasteiger partial charge in [-0.05, 0) is 62.2 Å². The fraction of sp³-hybridized carbons (Fsp3) is 0.250. The highest BCUT2D eigenvalue weighted by atomic mass is 79.9. The van der Waals surface area contributed by atoms with Crippen molar-refractivity contribution in [2.75, 3.05) is 11.1 Å². The molecule has 1 aromatic heterocycles. The molecule has 2 amide bonds. The minimum absolute atomic E-state index is 0.144. The third kappa shape index (κ3) is 6.67. The second-order valence-corrected chi connectivity index (χ2v) is 10.4. The van der Waals surface area contributed by atoms with Gasteiger partial charge in [-0.1, -0.05) is 57.0 Å². The number of aromatic nitrogens is 3. The lowest BCUT2D eigenvalue weighted by atomic mass is 10.1. The molecule has 0 aliphatic carbocycles. The van der Waals surface area contributed by atoms with Gasteiger partial charge in [0.15, 0.2) is 11.0 Å². The molecule has 1 unspecified atom stereocenters. The van der Waals surface area contributed by atoms with E-state index in [1.807, 2.05) is 30.5 Å². The maximum atomic E-state index is 12.7. The Hall–Kier alpha value is -2.33. The summed E-state index contributed by atoms with van der Waals surface area (Å²) in [4.78, 5) is 25.3. The number of benzene rings is 2. The van der Waals surface area contributed by atoms with E-state index in [0.717, 1.165) is 21.3 Å². The summed E-state index contributed by atoms with van der Waals surface area (Å²) < 4.78 is 2.81. The molecule has 2 N–H and O–H groups in total. The number of carbonyl (C=O) groups is 2. The van der Waals surface area contributed by atoms with Gasteiger partial charge >= 0.3 is 0 Å². The van der Waals surface area contributed by atoms with Crippen molar-refractivity contribution in [3.63, 3.8) is 0 Å². The highest BCUT2D eigenvalue weighted by Gasteiger charge is 2.21. The zero-order valence-corrected chi connectivity index (χ0v) is 23.3. The van der Waals surface area contributed by atoms with Gasteiger partial charge in [-0.3, -0.25) is 9.59 Å². The Bertz CT molecular complexity index is 1280. The van der Waals surface area contributed by atoms with Crippen molar-refractivity contribution >= 4 is 68.4 Å². The van der Waals surface area contributed by atoms with E-state index in [1.165, 1.54) is 17.8 Å². The third-order valence-electron chi connectivity index (χ3n) is 5.30. The van der Waals surface area contributed by atoms with E-state index in [-0.39, 0.29) is 22.6 Å². The van der Waals surface area contributed by atoms with Gasteiger partial charge in [0.2, 0.25) is 5.91 Å². The van der Waals surface area contributed by atoms with Gasteiger partial charge in [0.1, 0.15) is 0 Å². The molecule has 0 radical (unpaired) electrons. The molecular formula is C24H24BrCl2N5O2S. The largest absolute Gasteiger partial charge is 0.342 e. The van der Waals surface area contributed by atoms with Crippen LogP contribution in [0.3, 0.4) is 0 Å². The van der Waals surface area contributed by atoms with Crippen LogP contribution in [0.5, 0.6) is 0 Å². The van der Waals surface area contributed by atoms with E-state index in [2.05, 4.69) is 43.3 Å². The molecule has 3 rings (SSSR count). The van der Waals surface area contributed by atoms with Crippen LogP contribution in [-0.2, 0) is 11.3 Å². The number of amides is 2. The van der Waals surface area contributed by atoms with Gasteiger partial charge in [-0.25, -0.2) is 0 Å². The van der Waals surface area contributed by atoms with Crippen LogP contribution in [0.15, 0.2) is 52.6 Å². The molecule has 0 aliphatic rings. The van der Waals surface area contributed by atoms with Crippen LogP contribution in [0.2, 0.25) is 10.0 Å². The first-order valence-electron chi connectivity index (χ1n) is 10.6. The first-order chi connectivity index (χ1) is 16.6. The summed E-state index contributed by atoms with van der Waals surface area (Å²) in [6.07, 6.45) is 1.70. The Labute approximate surface area is 226 Å². The van der Waals surface area contributed by atoms with Gasteiger partial charge in [0, 0.05) is 21.7 Å². The highest BCUT2D eigenvalue weighted by Crippen LogP contribution is 2.27. The molecule has 0 saturated carbocycles. The minimum Gasteiger partial charge on any atom is -0.342 e. The lowest BCUT2D eigenvalue weighted by Crippen LogP contribution is -2.29. The molecule has 35 heavy (non-hydrogen) atoms. The van der Waals surface area contributed by atoms with Crippen LogP contribution in [0.25, 0.3) is 0 Å². The summed E-state index contributed by atoms with van der Waals surface area (Å²) in [7, 11) is 0. The average molecular weight is 597 g/mol. The molecule has 0 aliphatic heterocycles. The van der Waals surface area contributed by atoms with E-state index in [4.69, 9.17) is 23.2 Å². The number of hydrogen-bond donors (Lipinski definition) is 2. The fourth-order valence-electron chi connectivity index (χ4n) is 3.28. The number of carbonyl (C=O) groups excluding carboxylic acids is 2. The Morgan fingerprint density at radius 1 is 1.20 bits per heavy atom. The molecule has 2 aromatic carbocycles.